The van der Waals surface area contributed by atoms with E-state index >= 15 is 0 Å². The summed E-state index contributed by atoms with van der Waals surface area (Å²) in [6.07, 6.45) is 0.722. The maximum Gasteiger partial charge on any atom is 0.339 e. The predicted octanol–water partition coefficient (Wildman–Crippen LogP) is 1.71. The first kappa shape index (κ1) is 14.7. The Kier molecular flexibility index (Phi) is 6.53. The van der Waals surface area contributed by atoms with Gasteiger partial charge in [-0.1, -0.05) is 6.07 Å². The van der Waals surface area contributed by atoms with E-state index in [4.69, 9.17) is 15.6 Å². The molecule has 0 bridgehead atoms. The molecule has 0 aromatic heterocycles. The SMILES string of the molecule is CCOc1cc(CCN)ccc1C(=O)O.Cl. The number of nitrogens with two attached hydrogens (primary N) is 1. The zero-order valence-electron chi connectivity index (χ0n) is 9.10. The van der Waals surface area contributed by atoms with Gasteiger partial charge >= 0.3 is 5.97 Å². The van der Waals surface area contributed by atoms with E-state index in [0.717, 1.165) is 12.0 Å². The van der Waals surface area contributed by atoms with Gasteiger partial charge in [0.15, 0.2) is 0 Å². The molecule has 0 atom stereocenters. The number of carboxylic acid groups (broad SMARTS) is 1. The van der Waals surface area contributed by atoms with Crippen molar-refractivity contribution in [3.8, 4) is 5.75 Å². The molecule has 0 aliphatic rings. The number of aromatic carboxylic acids is 1. The van der Waals surface area contributed by atoms with Gasteiger partial charge in [-0.25, -0.2) is 4.79 Å². The fourth-order valence-corrected chi connectivity index (χ4v) is 1.34. The van der Waals surface area contributed by atoms with Crippen molar-refractivity contribution in [1.82, 2.24) is 0 Å². The van der Waals surface area contributed by atoms with Crippen molar-refractivity contribution in [2.75, 3.05) is 13.2 Å². The number of halogens is 1. The van der Waals surface area contributed by atoms with Crippen LogP contribution in [-0.2, 0) is 6.42 Å². The molecule has 90 valence electrons. The molecule has 4 nitrogen and oxygen atoms in total. The van der Waals surface area contributed by atoms with Crippen LogP contribution >= 0.6 is 12.4 Å². The lowest BCUT2D eigenvalue weighted by Gasteiger charge is -2.08. The molecule has 0 unspecified atom stereocenters. The topological polar surface area (TPSA) is 72.5 Å². The Bertz CT molecular complexity index is 355. The van der Waals surface area contributed by atoms with E-state index in [2.05, 4.69) is 0 Å². The number of benzene rings is 1. The lowest BCUT2D eigenvalue weighted by atomic mass is 10.1. The highest BCUT2D eigenvalue weighted by Gasteiger charge is 2.11. The quantitative estimate of drug-likeness (QED) is 0.828. The summed E-state index contributed by atoms with van der Waals surface area (Å²) in [5, 5.41) is 8.91. The molecule has 0 heterocycles. The van der Waals surface area contributed by atoms with Gasteiger partial charge in [-0.15, -0.1) is 12.4 Å². The summed E-state index contributed by atoms with van der Waals surface area (Å²) in [7, 11) is 0. The fraction of sp³-hybridized carbons (Fsp3) is 0.364. The first-order chi connectivity index (χ1) is 7.19. The maximum atomic E-state index is 10.9. The molecule has 16 heavy (non-hydrogen) atoms. The smallest absolute Gasteiger partial charge is 0.339 e. The molecule has 5 heteroatoms. The Hall–Kier alpha value is -1.26. The number of hydrogen-bond acceptors (Lipinski definition) is 3. The lowest BCUT2D eigenvalue weighted by molar-refractivity contribution is 0.0692. The maximum absolute atomic E-state index is 10.9. The number of hydrogen-bond donors (Lipinski definition) is 2. The van der Waals surface area contributed by atoms with Gasteiger partial charge in [0.05, 0.1) is 6.61 Å². The van der Waals surface area contributed by atoms with Crippen LogP contribution in [0.1, 0.15) is 22.8 Å². The lowest BCUT2D eigenvalue weighted by Crippen LogP contribution is -2.06. The van der Waals surface area contributed by atoms with Crippen LogP contribution in [-0.4, -0.2) is 24.2 Å². The molecule has 0 fully saturated rings. The molecule has 0 saturated carbocycles. The van der Waals surface area contributed by atoms with Crippen LogP contribution in [0.15, 0.2) is 18.2 Å². The number of carbonyl (C=O) groups is 1. The molecule has 0 aliphatic carbocycles. The first-order valence-electron chi connectivity index (χ1n) is 4.88. The summed E-state index contributed by atoms with van der Waals surface area (Å²) >= 11 is 0. The third-order valence-corrected chi connectivity index (χ3v) is 2.01. The highest BCUT2D eigenvalue weighted by Crippen LogP contribution is 2.20. The fourth-order valence-electron chi connectivity index (χ4n) is 1.34. The Morgan fingerprint density at radius 2 is 2.19 bits per heavy atom. The Morgan fingerprint density at radius 3 is 2.69 bits per heavy atom. The second kappa shape index (κ2) is 7.09. The van der Waals surface area contributed by atoms with Crippen molar-refractivity contribution >= 4 is 18.4 Å². The zero-order valence-corrected chi connectivity index (χ0v) is 9.92. The second-order valence-electron chi connectivity index (χ2n) is 3.11. The minimum absolute atomic E-state index is 0. The van der Waals surface area contributed by atoms with Gasteiger partial charge in [0.25, 0.3) is 0 Å². The summed E-state index contributed by atoms with van der Waals surface area (Å²) in [6.45, 7) is 2.81. The van der Waals surface area contributed by atoms with Gasteiger partial charge in [-0.3, -0.25) is 0 Å². The van der Waals surface area contributed by atoms with Crippen molar-refractivity contribution in [3.63, 3.8) is 0 Å². The Balaban J connectivity index is 0.00000225. The van der Waals surface area contributed by atoms with Crippen LogP contribution in [0.4, 0.5) is 0 Å². The molecule has 1 rings (SSSR count). The Labute approximate surface area is 101 Å². The second-order valence-corrected chi connectivity index (χ2v) is 3.11. The van der Waals surface area contributed by atoms with Crippen LogP contribution in [0.3, 0.4) is 0 Å². The van der Waals surface area contributed by atoms with Crippen molar-refractivity contribution in [2.24, 2.45) is 5.73 Å². The van der Waals surface area contributed by atoms with E-state index in [1.165, 1.54) is 0 Å². The summed E-state index contributed by atoms with van der Waals surface area (Å²) < 4.78 is 5.26. The van der Waals surface area contributed by atoms with Crippen molar-refractivity contribution < 1.29 is 14.6 Å². The molecule has 0 saturated heterocycles. The van der Waals surface area contributed by atoms with Crippen LogP contribution in [0.5, 0.6) is 5.75 Å². The van der Waals surface area contributed by atoms with E-state index in [9.17, 15) is 4.79 Å². The third-order valence-electron chi connectivity index (χ3n) is 2.01. The van der Waals surface area contributed by atoms with Crippen LogP contribution in [0, 0.1) is 0 Å². The van der Waals surface area contributed by atoms with Crippen molar-refractivity contribution in [2.45, 2.75) is 13.3 Å². The normalized spacial score (nSPS) is 9.38. The molecule has 0 spiro atoms. The minimum Gasteiger partial charge on any atom is -0.493 e. The molecular weight excluding hydrogens is 230 g/mol. The first-order valence-corrected chi connectivity index (χ1v) is 4.88. The highest BCUT2D eigenvalue weighted by molar-refractivity contribution is 5.91. The van der Waals surface area contributed by atoms with Gasteiger partial charge in [0.2, 0.25) is 0 Å². The number of carboxylic acids is 1. The number of ether oxygens (including phenoxy) is 1. The minimum atomic E-state index is -0.974. The standard InChI is InChI=1S/C11H15NO3.ClH/c1-2-15-10-7-8(5-6-12)3-4-9(10)11(13)14;/h3-4,7H,2,5-6,12H2,1H3,(H,13,14);1H. The predicted molar refractivity (Wildman–Crippen MR) is 64.6 cm³/mol. The average molecular weight is 246 g/mol. The molecule has 0 amide bonds. The molecular formula is C11H16ClNO3. The molecule has 0 aliphatic heterocycles. The summed E-state index contributed by atoms with van der Waals surface area (Å²) in [5.41, 5.74) is 6.61. The average Bonchev–Trinajstić information content (AvgIpc) is 2.18. The third kappa shape index (κ3) is 3.72. The molecule has 1 aromatic rings. The molecule has 1 aromatic carbocycles. The zero-order chi connectivity index (χ0) is 11.3. The van der Waals surface area contributed by atoms with Gasteiger partial charge in [-0.05, 0) is 37.6 Å². The summed E-state index contributed by atoms with van der Waals surface area (Å²) in [4.78, 5) is 10.9. The van der Waals surface area contributed by atoms with E-state index in [1.54, 1.807) is 18.2 Å². The van der Waals surface area contributed by atoms with Gasteiger partial charge in [-0.2, -0.15) is 0 Å². The van der Waals surface area contributed by atoms with Gasteiger partial charge in [0.1, 0.15) is 11.3 Å². The van der Waals surface area contributed by atoms with E-state index < -0.39 is 5.97 Å². The van der Waals surface area contributed by atoms with Gasteiger partial charge in [0, 0.05) is 0 Å². The largest absolute Gasteiger partial charge is 0.493 e. The van der Waals surface area contributed by atoms with Gasteiger partial charge < -0.3 is 15.6 Å². The van der Waals surface area contributed by atoms with Crippen LogP contribution in [0.25, 0.3) is 0 Å². The van der Waals surface area contributed by atoms with E-state index in [-0.39, 0.29) is 18.0 Å². The van der Waals surface area contributed by atoms with E-state index in [0.29, 0.717) is 18.9 Å². The Morgan fingerprint density at radius 1 is 1.50 bits per heavy atom. The van der Waals surface area contributed by atoms with E-state index in [1.807, 2.05) is 6.92 Å². The molecule has 0 radical (unpaired) electrons. The van der Waals surface area contributed by atoms with Crippen molar-refractivity contribution in [3.05, 3.63) is 29.3 Å². The summed E-state index contributed by atoms with van der Waals surface area (Å²) in [5.74, 6) is -0.561. The highest BCUT2D eigenvalue weighted by atomic mass is 35.5. The van der Waals surface area contributed by atoms with Crippen molar-refractivity contribution in [1.29, 1.82) is 0 Å². The molecule has 3 N–H and O–H groups in total. The monoisotopic (exact) mass is 245 g/mol. The van der Waals surface area contributed by atoms with Crippen LogP contribution < -0.4 is 10.5 Å². The summed E-state index contributed by atoms with van der Waals surface area (Å²) in [6, 6.07) is 5.05. The number of rotatable bonds is 5. The van der Waals surface area contributed by atoms with Crippen LogP contribution in [0.2, 0.25) is 0 Å².